The van der Waals surface area contributed by atoms with Crippen molar-refractivity contribution < 1.29 is 14.3 Å². The molecule has 1 heterocycles. The minimum Gasteiger partial charge on any atom is -0.494 e. The summed E-state index contributed by atoms with van der Waals surface area (Å²) < 4.78 is 5.30. The zero-order valence-corrected chi connectivity index (χ0v) is 13.1. The summed E-state index contributed by atoms with van der Waals surface area (Å²) in [4.78, 5) is 23.6. The lowest BCUT2D eigenvalue weighted by Crippen LogP contribution is -2.32. The average molecular weight is 320 g/mol. The molecule has 0 radical (unpaired) electrons. The van der Waals surface area contributed by atoms with Gasteiger partial charge >= 0.3 is 0 Å². The number of amides is 2. The summed E-state index contributed by atoms with van der Waals surface area (Å²) in [6.07, 6.45) is 0. The first-order valence-corrected chi connectivity index (χ1v) is 7.51. The highest BCUT2D eigenvalue weighted by atomic mass is 32.1. The van der Waals surface area contributed by atoms with Gasteiger partial charge in [0.1, 0.15) is 10.8 Å². The summed E-state index contributed by atoms with van der Waals surface area (Å²) in [5.74, 6) is 0.0190. The number of anilines is 1. The van der Waals surface area contributed by atoms with Crippen molar-refractivity contribution in [2.75, 3.05) is 18.5 Å². The predicted octanol–water partition coefficient (Wildman–Crippen LogP) is 1.61. The number of hydrogen-bond donors (Lipinski definition) is 2. The number of nitrogens with zero attached hydrogens (tertiary/aromatic N) is 2. The third-order valence-corrected chi connectivity index (χ3v) is 3.36. The van der Waals surface area contributed by atoms with Crippen LogP contribution in [0.15, 0.2) is 24.3 Å². The van der Waals surface area contributed by atoms with Gasteiger partial charge in [0, 0.05) is 5.56 Å². The van der Waals surface area contributed by atoms with Gasteiger partial charge in [-0.1, -0.05) is 11.3 Å². The van der Waals surface area contributed by atoms with E-state index in [1.165, 1.54) is 11.3 Å². The summed E-state index contributed by atoms with van der Waals surface area (Å²) in [5.41, 5.74) is 0.461. The van der Waals surface area contributed by atoms with Crippen LogP contribution in [0.2, 0.25) is 0 Å². The maximum atomic E-state index is 11.9. The first kappa shape index (κ1) is 15.9. The summed E-state index contributed by atoms with van der Waals surface area (Å²) in [5, 5.41) is 13.8. The molecule has 116 valence electrons. The van der Waals surface area contributed by atoms with Gasteiger partial charge < -0.3 is 10.1 Å². The molecular weight excluding hydrogens is 304 g/mol. The molecule has 2 rings (SSSR count). The molecule has 0 fully saturated rings. The van der Waals surface area contributed by atoms with Gasteiger partial charge in [0.2, 0.25) is 11.0 Å². The van der Waals surface area contributed by atoms with E-state index < -0.39 is 0 Å². The molecular formula is C14H16N4O3S. The van der Waals surface area contributed by atoms with E-state index in [2.05, 4.69) is 20.8 Å². The van der Waals surface area contributed by atoms with Gasteiger partial charge in [0.05, 0.1) is 13.2 Å². The number of hydrogen-bond acceptors (Lipinski definition) is 6. The molecule has 0 atom stereocenters. The number of ether oxygens (including phenoxy) is 1. The number of carbonyl (C=O) groups excluding carboxylic acids is 2. The maximum absolute atomic E-state index is 11.9. The Kier molecular flexibility index (Phi) is 5.42. The second-order valence-electron chi connectivity index (χ2n) is 4.31. The van der Waals surface area contributed by atoms with Crippen LogP contribution in [-0.2, 0) is 4.79 Å². The molecule has 7 nitrogen and oxygen atoms in total. The molecule has 1 aromatic carbocycles. The number of nitrogens with one attached hydrogen (secondary N) is 2. The molecule has 0 saturated heterocycles. The lowest BCUT2D eigenvalue weighted by molar-refractivity contribution is -0.115. The number of rotatable bonds is 6. The van der Waals surface area contributed by atoms with Crippen LogP contribution in [0, 0.1) is 6.92 Å². The van der Waals surface area contributed by atoms with Crippen LogP contribution in [0.5, 0.6) is 5.75 Å². The van der Waals surface area contributed by atoms with Gasteiger partial charge in [-0.05, 0) is 38.1 Å². The van der Waals surface area contributed by atoms with Gasteiger partial charge in [0.25, 0.3) is 5.91 Å². The minimum atomic E-state index is -0.351. The van der Waals surface area contributed by atoms with E-state index in [0.717, 1.165) is 5.01 Å². The van der Waals surface area contributed by atoms with Gasteiger partial charge in [-0.15, -0.1) is 10.2 Å². The molecule has 1 aromatic heterocycles. The van der Waals surface area contributed by atoms with E-state index in [1.807, 2.05) is 6.92 Å². The first-order valence-electron chi connectivity index (χ1n) is 6.69. The zero-order chi connectivity index (χ0) is 15.9. The number of benzene rings is 1. The van der Waals surface area contributed by atoms with E-state index in [9.17, 15) is 9.59 Å². The van der Waals surface area contributed by atoms with Crippen LogP contribution in [0.1, 0.15) is 22.3 Å². The lowest BCUT2D eigenvalue weighted by atomic mass is 10.2. The SMILES string of the molecule is CCOc1ccc(C(=O)NCC(=O)Nc2nnc(C)s2)cc1. The Labute approximate surface area is 131 Å². The monoisotopic (exact) mass is 320 g/mol. The van der Waals surface area contributed by atoms with Gasteiger partial charge in [-0.3, -0.25) is 14.9 Å². The summed E-state index contributed by atoms with van der Waals surface area (Å²) in [6.45, 7) is 4.11. The second kappa shape index (κ2) is 7.51. The molecule has 0 unspecified atom stereocenters. The Bertz CT molecular complexity index is 654. The van der Waals surface area contributed by atoms with Crippen molar-refractivity contribution in [3.05, 3.63) is 34.8 Å². The third kappa shape index (κ3) is 4.52. The normalized spacial score (nSPS) is 10.1. The van der Waals surface area contributed by atoms with Crippen LogP contribution >= 0.6 is 11.3 Å². The first-order chi connectivity index (χ1) is 10.6. The number of carbonyl (C=O) groups is 2. The van der Waals surface area contributed by atoms with Crippen molar-refractivity contribution >= 4 is 28.3 Å². The molecule has 22 heavy (non-hydrogen) atoms. The Morgan fingerprint density at radius 2 is 1.95 bits per heavy atom. The van der Waals surface area contributed by atoms with Crippen molar-refractivity contribution in [3.8, 4) is 5.75 Å². The van der Waals surface area contributed by atoms with Crippen molar-refractivity contribution in [2.24, 2.45) is 0 Å². The summed E-state index contributed by atoms with van der Waals surface area (Å²) in [7, 11) is 0. The van der Waals surface area contributed by atoms with Crippen LogP contribution in [0.3, 0.4) is 0 Å². The quantitative estimate of drug-likeness (QED) is 0.843. The fraction of sp³-hybridized carbons (Fsp3) is 0.286. The standard InChI is InChI=1S/C14H16N4O3S/c1-3-21-11-6-4-10(5-7-11)13(20)15-8-12(19)16-14-18-17-9(2)22-14/h4-7H,3,8H2,1-2H3,(H,15,20)(H,16,18,19). The Morgan fingerprint density at radius 3 is 2.55 bits per heavy atom. The fourth-order valence-corrected chi connectivity index (χ4v) is 2.25. The largest absolute Gasteiger partial charge is 0.494 e. The molecule has 0 spiro atoms. The van der Waals surface area contributed by atoms with Gasteiger partial charge in [0.15, 0.2) is 0 Å². The van der Waals surface area contributed by atoms with Gasteiger partial charge in [-0.2, -0.15) is 0 Å². The Hall–Kier alpha value is -2.48. The minimum absolute atomic E-state index is 0.134. The predicted molar refractivity (Wildman–Crippen MR) is 83.2 cm³/mol. The van der Waals surface area contributed by atoms with Crippen molar-refractivity contribution in [1.82, 2.24) is 15.5 Å². The molecule has 0 aliphatic rings. The van der Waals surface area contributed by atoms with E-state index in [4.69, 9.17) is 4.74 Å². The van der Waals surface area contributed by atoms with E-state index in [0.29, 0.717) is 23.1 Å². The van der Waals surface area contributed by atoms with Crippen LogP contribution in [-0.4, -0.2) is 35.2 Å². The molecule has 2 N–H and O–H groups in total. The lowest BCUT2D eigenvalue weighted by Gasteiger charge is -2.06. The molecule has 0 aliphatic carbocycles. The molecule has 0 saturated carbocycles. The molecule has 0 aliphatic heterocycles. The average Bonchev–Trinajstić information content (AvgIpc) is 2.91. The summed E-state index contributed by atoms with van der Waals surface area (Å²) in [6, 6.07) is 6.71. The number of aryl methyl sites for hydroxylation is 1. The highest BCUT2D eigenvalue weighted by molar-refractivity contribution is 7.15. The Morgan fingerprint density at radius 1 is 1.23 bits per heavy atom. The molecule has 8 heteroatoms. The van der Waals surface area contributed by atoms with E-state index in [-0.39, 0.29) is 18.4 Å². The number of aromatic nitrogens is 2. The van der Waals surface area contributed by atoms with Crippen molar-refractivity contribution in [1.29, 1.82) is 0 Å². The molecule has 2 amide bonds. The fourth-order valence-electron chi connectivity index (χ4n) is 1.64. The van der Waals surface area contributed by atoms with Crippen LogP contribution in [0.25, 0.3) is 0 Å². The summed E-state index contributed by atoms with van der Waals surface area (Å²) >= 11 is 1.27. The maximum Gasteiger partial charge on any atom is 0.251 e. The zero-order valence-electron chi connectivity index (χ0n) is 12.3. The third-order valence-electron chi connectivity index (χ3n) is 2.61. The highest BCUT2D eigenvalue weighted by Gasteiger charge is 2.10. The van der Waals surface area contributed by atoms with E-state index >= 15 is 0 Å². The highest BCUT2D eigenvalue weighted by Crippen LogP contribution is 2.13. The smallest absolute Gasteiger partial charge is 0.251 e. The van der Waals surface area contributed by atoms with Crippen molar-refractivity contribution in [2.45, 2.75) is 13.8 Å². The molecule has 0 bridgehead atoms. The second-order valence-corrected chi connectivity index (χ2v) is 5.50. The van der Waals surface area contributed by atoms with Gasteiger partial charge in [-0.25, -0.2) is 0 Å². The molecule has 2 aromatic rings. The Balaban J connectivity index is 1.82. The van der Waals surface area contributed by atoms with Crippen molar-refractivity contribution in [3.63, 3.8) is 0 Å². The van der Waals surface area contributed by atoms with Crippen LogP contribution in [0.4, 0.5) is 5.13 Å². The topological polar surface area (TPSA) is 93.2 Å². The van der Waals surface area contributed by atoms with E-state index in [1.54, 1.807) is 31.2 Å². The van der Waals surface area contributed by atoms with Crippen LogP contribution < -0.4 is 15.4 Å².